The van der Waals surface area contributed by atoms with Gasteiger partial charge in [-0.2, -0.15) is 0 Å². The minimum atomic E-state index is 0.0128. The summed E-state index contributed by atoms with van der Waals surface area (Å²) in [6.07, 6.45) is 0. The van der Waals surface area contributed by atoms with E-state index in [-0.39, 0.29) is 5.78 Å². The van der Waals surface area contributed by atoms with Crippen molar-refractivity contribution < 1.29 is 4.79 Å². The Morgan fingerprint density at radius 2 is 1.85 bits per heavy atom. The van der Waals surface area contributed by atoms with Gasteiger partial charge in [0.2, 0.25) is 5.78 Å². The zero-order valence-electron chi connectivity index (χ0n) is 11.2. The van der Waals surface area contributed by atoms with Gasteiger partial charge in [0.15, 0.2) is 0 Å². The number of carbonyl (C=O) groups excluding carboxylic acids is 1. The van der Waals surface area contributed by atoms with Crippen molar-refractivity contribution in [2.75, 3.05) is 0 Å². The molecule has 0 N–H and O–H groups in total. The van der Waals surface area contributed by atoms with Gasteiger partial charge in [0.1, 0.15) is 5.69 Å². The highest BCUT2D eigenvalue weighted by Crippen LogP contribution is 2.41. The second kappa shape index (κ2) is 3.74. The number of carbonyl (C=O) groups is 1. The first-order chi connectivity index (χ1) is 9.59. The van der Waals surface area contributed by atoms with Crippen LogP contribution in [0.4, 0.5) is 0 Å². The van der Waals surface area contributed by atoms with E-state index >= 15 is 0 Å². The Bertz CT molecular complexity index is 905. The summed E-state index contributed by atoms with van der Waals surface area (Å²) in [5, 5.41) is 1.55. The second-order valence-corrected chi connectivity index (χ2v) is 5.70. The summed E-state index contributed by atoms with van der Waals surface area (Å²) in [4.78, 5) is 12.6. The highest BCUT2D eigenvalue weighted by atomic mass is 35.5. The first-order valence-corrected chi connectivity index (χ1v) is 6.92. The molecule has 0 unspecified atom stereocenters. The molecule has 0 spiro atoms. The van der Waals surface area contributed by atoms with Crippen LogP contribution in [0.5, 0.6) is 0 Å². The fourth-order valence-electron chi connectivity index (χ4n) is 3.18. The van der Waals surface area contributed by atoms with Crippen molar-refractivity contribution in [3.05, 3.63) is 63.8 Å². The summed E-state index contributed by atoms with van der Waals surface area (Å²) in [6, 6.07) is 11.8. The number of benzene rings is 2. The third-order valence-corrected chi connectivity index (χ3v) is 4.32. The highest BCUT2D eigenvalue weighted by molar-refractivity contribution is 6.41. The van der Waals surface area contributed by atoms with E-state index in [1.54, 1.807) is 0 Å². The monoisotopic (exact) mass is 281 g/mol. The summed E-state index contributed by atoms with van der Waals surface area (Å²) >= 11 is 6.50. The van der Waals surface area contributed by atoms with Gasteiger partial charge in [0.25, 0.3) is 0 Å². The van der Waals surface area contributed by atoms with Crippen LogP contribution in [0.1, 0.15) is 27.2 Å². The Kier molecular flexibility index (Phi) is 2.19. The van der Waals surface area contributed by atoms with Crippen molar-refractivity contribution in [3.63, 3.8) is 0 Å². The number of halogens is 1. The summed E-state index contributed by atoms with van der Waals surface area (Å²) in [5.41, 5.74) is 5.54. The van der Waals surface area contributed by atoms with Crippen LogP contribution in [0.15, 0.2) is 36.4 Å². The van der Waals surface area contributed by atoms with Crippen molar-refractivity contribution in [2.24, 2.45) is 0 Å². The average molecular weight is 282 g/mol. The van der Waals surface area contributed by atoms with Gasteiger partial charge in [-0.15, -0.1) is 0 Å². The van der Waals surface area contributed by atoms with Gasteiger partial charge in [-0.1, -0.05) is 29.8 Å². The Labute approximate surface area is 121 Å². The van der Waals surface area contributed by atoms with E-state index in [0.717, 1.165) is 27.7 Å². The van der Waals surface area contributed by atoms with Crippen LogP contribution < -0.4 is 0 Å². The number of hydrogen-bond acceptors (Lipinski definition) is 1. The Balaban J connectivity index is 2.26. The number of aryl methyl sites for hydroxylation is 2. The van der Waals surface area contributed by atoms with Crippen molar-refractivity contribution in [1.29, 1.82) is 0 Å². The number of hydrogen-bond donors (Lipinski definition) is 0. The van der Waals surface area contributed by atoms with Gasteiger partial charge >= 0.3 is 0 Å². The lowest BCUT2D eigenvalue weighted by atomic mass is 10.1. The molecule has 1 aromatic heterocycles. The number of ketones is 1. The Hall–Kier alpha value is -2.06. The van der Waals surface area contributed by atoms with E-state index in [0.29, 0.717) is 10.7 Å². The minimum absolute atomic E-state index is 0.0128. The molecule has 0 saturated carbocycles. The molecule has 2 nitrogen and oxygen atoms in total. The molecule has 0 fully saturated rings. The lowest BCUT2D eigenvalue weighted by molar-refractivity contribution is 0.104. The lowest BCUT2D eigenvalue weighted by Crippen LogP contribution is -1.95. The quantitative estimate of drug-likeness (QED) is 0.467. The van der Waals surface area contributed by atoms with Crippen molar-refractivity contribution in [3.8, 4) is 5.69 Å². The maximum absolute atomic E-state index is 12.6. The molecule has 98 valence electrons. The molecule has 0 atom stereocenters. The lowest BCUT2D eigenvalue weighted by Gasteiger charge is -2.06. The maximum atomic E-state index is 12.6. The van der Waals surface area contributed by atoms with Gasteiger partial charge in [0, 0.05) is 10.9 Å². The largest absolute Gasteiger partial charge is 0.304 e. The summed E-state index contributed by atoms with van der Waals surface area (Å²) in [7, 11) is 0. The molecular formula is C17H12ClNO. The van der Waals surface area contributed by atoms with E-state index in [1.807, 2.05) is 35.8 Å². The molecule has 4 rings (SSSR count). The second-order valence-electron chi connectivity index (χ2n) is 5.32. The van der Waals surface area contributed by atoms with Gasteiger partial charge in [-0.25, -0.2) is 0 Å². The molecular weight excluding hydrogens is 270 g/mol. The van der Waals surface area contributed by atoms with E-state index in [4.69, 9.17) is 11.6 Å². The van der Waals surface area contributed by atoms with Crippen molar-refractivity contribution >= 4 is 28.3 Å². The molecule has 0 saturated heterocycles. The standard InChI is InChI=1S/C17H12ClNO/c1-9-7-10(2)14-13(8-9)19-12-6-4-3-5-11(12)17(20)16(19)15(14)18/h3-8H,1-2H3. The molecule has 20 heavy (non-hydrogen) atoms. The molecule has 1 aliphatic rings. The smallest absolute Gasteiger partial charge is 0.213 e. The summed E-state index contributed by atoms with van der Waals surface area (Å²) < 4.78 is 2.00. The maximum Gasteiger partial charge on any atom is 0.213 e. The molecule has 2 aromatic carbocycles. The number of rotatable bonds is 0. The van der Waals surface area contributed by atoms with Crippen LogP contribution in [-0.2, 0) is 0 Å². The topological polar surface area (TPSA) is 22.0 Å². The SMILES string of the molecule is Cc1cc(C)c2c(Cl)c3n(c2c1)-c1ccccc1C3=O. The molecule has 0 amide bonds. The van der Waals surface area contributed by atoms with Crippen LogP contribution in [0.25, 0.3) is 16.6 Å². The van der Waals surface area contributed by atoms with E-state index < -0.39 is 0 Å². The molecule has 3 heteroatoms. The van der Waals surface area contributed by atoms with Crippen molar-refractivity contribution in [1.82, 2.24) is 4.57 Å². The van der Waals surface area contributed by atoms with Crippen LogP contribution >= 0.6 is 11.6 Å². The molecule has 1 aliphatic heterocycles. The first-order valence-electron chi connectivity index (χ1n) is 6.55. The highest BCUT2D eigenvalue weighted by Gasteiger charge is 2.32. The fraction of sp³-hybridized carbons (Fsp3) is 0.118. The van der Waals surface area contributed by atoms with E-state index in [1.165, 1.54) is 5.56 Å². The normalized spacial score (nSPS) is 12.8. The van der Waals surface area contributed by atoms with Crippen molar-refractivity contribution in [2.45, 2.75) is 13.8 Å². The fourth-order valence-corrected chi connectivity index (χ4v) is 3.60. The van der Waals surface area contributed by atoms with Gasteiger partial charge in [-0.05, 0) is 43.2 Å². The van der Waals surface area contributed by atoms with Crippen LogP contribution in [0.3, 0.4) is 0 Å². The minimum Gasteiger partial charge on any atom is -0.304 e. The van der Waals surface area contributed by atoms with Crippen LogP contribution in [0, 0.1) is 13.8 Å². The zero-order valence-corrected chi connectivity index (χ0v) is 12.0. The molecule has 0 bridgehead atoms. The molecule has 0 radical (unpaired) electrons. The Morgan fingerprint density at radius 1 is 1.10 bits per heavy atom. The summed E-state index contributed by atoms with van der Waals surface area (Å²) in [5.74, 6) is 0.0128. The molecule has 3 aromatic rings. The molecule has 0 aliphatic carbocycles. The Morgan fingerprint density at radius 3 is 2.65 bits per heavy atom. The predicted molar refractivity (Wildman–Crippen MR) is 81.2 cm³/mol. The van der Waals surface area contributed by atoms with Gasteiger partial charge in [-0.3, -0.25) is 4.79 Å². The first kappa shape index (κ1) is 11.7. The van der Waals surface area contributed by atoms with Gasteiger partial charge < -0.3 is 4.57 Å². The third kappa shape index (κ3) is 1.27. The van der Waals surface area contributed by atoms with E-state index in [2.05, 4.69) is 19.1 Å². The number of para-hydroxylation sites is 1. The molecule has 2 heterocycles. The van der Waals surface area contributed by atoms with Gasteiger partial charge in [0.05, 0.1) is 16.2 Å². The van der Waals surface area contributed by atoms with E-state index in [9.17, 15) is 4.79 Å². The summed E-state index contributed by atoms with van der Waals surface area (Å²) in [6.45, 7) is 4.09. The number of aromatic nitrogens is 1. The average Bonchev–Trinajstić information content (AvgIpc) is 2.86. The zero-order chi connectivity index (χ0) is 14.0. The number of fused-ring (bicyclic) bond motifs is 5. The third-order valence-electron chi connectivity index (χ3n) is 3.96. The predicted octanol–water partition coefficient (Wildman–Crippen LogP) is 4.45. The van der Waals surface area contributed by atoms with Crippen LogP contribution in [-0.4, -0.2) is 10.4 Å². The number of nitrogens with zero attached hydrogens (tertiary/aromatic N) is 1. The van der Waals surface area contributed by atoms with Crippen LogP contribution in [0.2, 0.25) is 5.02 Å².